The van der Waals surface area contributed by atoms with Crippen LogP contribution >= 0.6 is 11.3 Å². The predicted molar refractivity (Wildman–Crippen MR) is 100 cm³/mol. The maximum absolute atomic E-state index is 9.68. The Morgan fingerprint density at radius 1 is 1.24 bits per heavy atom. The van der Waals surface area contributed by atoms with Gasteiger partial charge in [0.05, 0.1) is 34.9 Å². The molecule has 0 fully saturated rings. The molecule has 4 aromatic rings. The van der Waals surface area contributed by atoms with E-state index in [9.17, 15) is 5.11 Å². The number of nitrogens with one attached hydrogen (secondary N) is 1. The Kier molecular flexibility index (Phi) is 3.95. The minimum Gasteiger partial charge on any atom is -0.392 e. The van der Waals surface area contributed by atoms with E-state index >= 15 is 0 Å². The van der Waals surface area contributed by atoms with Gasteiger partial charge in [0.25, 0.3) is 0 Å². The number of thiophene rings is 1. The number of anilines is 2. The second-order valence-corrected chi connectivity index (χ2v) is 7.04. The first kappa shape index (κ1) is 15.7. The van der Waals surface area contributed by atoms with Gasteiger partial charge in [0.2, 0.25) is 5.95 Å². The summed E-state index contributed by atoms with van der Waals surface area (Å²) in [4.78, 5) is 10.3. The quantitative estimate of drug-likeness (QED) is 0.587. The highest BCUT2D eigenvalue weighted by molar-refractivity contribution is 7.19. The number of hydrogen-bond acceptors (Lipinski definition) is 6. The van der Waals surface area contributed by atoms with E-state index in [4.69, 9.17) is 4.98 Å². The van der Waals surface area contributed by atoms with Crippen LogP contribution in [0.15, 0.2) is 42.9 Å². The Hall–Kier alpha value is -2.77. The fourth-order valence-electron chi connectivity index (χ4n) is 2.90. The van der Waals surface area contributed by atoms with E-state index in [1.807, 2.05) is 43.7 Å². The Bertz CT molecular complexity index is 1050. The lowest BCUT2D eigenvalue weighted by Gasteiger charge is -2.08. The van der Waals surface area contributed by atoms with Crippen molar-refractivity contribution in [1.82, 2.24) is 19.7 Å². The Morgan fingerprint density at radius 3 is 2.84 bits per heavy atom. The largest absolute Gasteiger partial charge is 0.392 e. The number of aromatic nitrogens is 4. The van der Waals surface area contributed by atoms with Crippen molar-refractivity contribution in [2.45, 2.75) is 13.5 Å². The number of benzene rings is 1. The van der Waals surface area contributed by atoms with Crippen molar-refractivity contribution in [2.24, 2.45) is 7.05 Å². The summed E-state index contributed by atoms with van der Waals surface area (Å²) in [5.74, 6) is 0.529. The van der Waals surface area contributed by atoms with Crippen molar-refractivity contribution < 1.29 is 5.11 Å². The summed E-state index contributed by atoms with van der Waals surface area (Å²) in [6.45, 7) is 2.07. The molecule has 0 atom stereocenters. The van der Waals surface area contributed by atoms with Crippen LogP contribution in [-0.4, -0.2) is 24.9 Å². The third kappa shape index (κ3) is 2.88. The molecule has 0 saturated heterocycles. The van der Waals surface area contributed by atoms with E-state index in [1.165, 1.54) is 0 Å². The van der Waals surface area contributed by atoms with Gasteiger partial charge >= 0.3 is 0 Å². The zero-order valence-electron chi connectivity index (χ0n) is 13.9. The molecule has 0 unspecified atom stereocenters. The molecule has 3 heterocycles. The highest BCUT2D eigenvalue weighted by Crippen LogP contribution is 2.38. The SMILES string of the molecule is Cc1sc2cnc(Nc3cnn(C)c3)nc2c1-c1ccccc1CO. The van der Waals surface area contributed by atoms with E-state index in [0.717, 1.165) is 37.5 Å². The number of fused-ring (bicyclic) bond motifs is 1. The van der Waals surface area contributed by atoms with Gasteiger partial charge in [-0.15, -0.1) is 11.3 Å². The normalized spacial score (nSPS) is 11.2. The molecule has 3 aromatic heterocycles. The van der Waals surface area contributed by atoms with Gasteiger partial charge in [0.15, 0.2) is 0 Å². The Balaban J connectivity index is 1.84. The van der Waals surface area contributed by atoms with Gasteiger partial charge < -0.3 is 10.4 Å². The maximum atomic E-state index is 9.68. The van der Waals surface area contributed by atoms with Crippen molar-refractivity contribution >= 4 is 33.2 Å². The summed E-state index contributed by atoms with van der Waals surface area (Å²) in [6, 6.07) is 7.88. The molecule has 2 N–H and O–H groups in total. The van der Waals surface area contributed by atoms with Crippen molar-refractivity contribution in [1.29, 1.82) is 0 Å². The van der Waals surface area contributed by atoms with E-state index in [2.05, 4.69) is 22.3 Å². The topological polar surface area (TPSA) is 75.9 Å². The lowest BCUT2D eigenvalue weighted by molar-refractivity contribution is 0.282. The molecule has 4 rings (SSSR count). The zero-order valence-corrected chi connectivity index (χ0v) is 14.7. The summed E-state index contributed by atoms with van der Waals surface area (Å²) < 4.78 is 2.75. The molecule has 0 saturated carbocycles. The standard InChI is InChI=1S/C18H17N5OS/c1-11-16(14-6-4-3-5-12(14)10-24)17-15(25-11)8-19-18(22-17)21-13-7-20-23(2)9-13/h3-9,24H,10H2,1-2H3,(H,19,21,22). The molecule has 0 bridgehead atoms. The molecular formula is C18H17N5OS. The van der Waals surface area contributed by atoms with Crippen molar-refractivity contribution in [3.8, 4) is 11.1 Å². The van der Waals surface area contributed by atoms with Crippen LogP contribution in [0, 0.1) is 6.92 Å². The van der Waals surface area contributed by atoms with Gasteiger partial charge in [0, 0.05) is 23.7 Å². The molecule has 0 aliphatic carbocycles. The first-order valence-corrected chi connectivity index (χ1v) is 8.68. The Labute approximate surface area is 148 Å². The second kappa shape index (κ2) is 6.27. The van der Waals surface area contributed by atoms with Crippen LogP contribution in [0.3, 0.4) is 0 Å². The first-order valence-electron chi connectivity index (χ1n) is 7.86. The molecule has 6 nitrogen and oxygen atoms in total. The van der Waals surface area contributed by atoms with Crippen LogP contribution in [0.1, 0.15) is 10.4 Å². The van der Waals surface area contributed by atoms with Gasteiger partial charge in [-0.3, -0.25) is 4.68 Å². The molecule has 0 spiro atoms. The fourth-order valence-corrected chi connectivity index (χ4v) is 3.89. The molecule has 0 aliphatic heterocycles. The van der Waals surface area contributed by atoms with Gasteiger partial charge in [-0.1, -0.05) is 24.3 Å². The fraction of sp³-hybridized carbons (Fsp3) is 0.167. The number of nitrogens with zero attached hydrogens (tertiary/aromatic N) is 4. The number of aliphatic hydroxyl groups excluding tert-OH is 1. The number of hydrogen-bond donors (Lipinski definition) is 2. The molecule has 1 aromatic carbocycles. The van der Waals surface area contributed by atoms with E-state index in [0.29, 0.717) is 5.95 Å². The highest BCUT2D eigenvalue weighted by Gasteiger charge is 2.16. The minimum atomic E-state index is -0.00116. The molecule has 25 heavy (non-hydrogen) atoms. The Morgan fingerprint density at radius 2 is 2.08 bits per heavy atom. The van der Waals surface area contributed by atoms with Crippen LogP contribution in [-0.2, 0) is 13.7 Å². The zero-order chi connectivity index (χ0) is 17.4. The van der Waals surface area contributed by atoms with Gasteiger partial charge in [-0.2, -0.15) is 5.10 Å². The summed E-state index contributed by atoms with van der Waals surface area (Å²) in [5, 5.41) is 17.0. The van der Waals surface area contributed by atoms with Crippen molar-refractivity contribution in [2.75, 3.05) is 5.32 Å². The maximum Gasteiger partial charge on any atom is 0.227 e. The van der Waals surface area contributed by atoms with Crippen molar-refractivity contribution in [3.63, 3.8) is 0 Å². The third-order valence-corrected chi connectivity index (χ3v) is 5.05. The summed E-state index contributed by atoms with van der Waals surface area (Å²) >= 11 is 1.66. The third-order valence-electron chi connectivity index (χ3n) is 4.03. The lowest BCUT2D eigenvalue weighted by Crippen LogP contribution is -1.96. The average Bonchev–Trinajstić information content (AvgIpc) is 3.16. The molecular weight excluding hydrogens is 334 g/mol. The van der Waals surface area contributed by atoms with E-state index in [-0.39, 0.29) is 6.61 Å². The number of aliphatic hydroxyl groups is 1. The second-order valence-electron chi connectivity index (χ2n) is 5.78. The lowest BCUT2D eigenvalue weighted by atomic mass is 10.00. The molecule has 0 radical (unpaired) electrons. The first-order chi connectivity index (χ1) is 12.2. The molecule has 7 heteroatoms. The summed E-state index contributed by atoms with van der Waals surface area (Å²) in [5.41, 5.74) is 4.70. The molecule has 0 amide bonds. The summed E-state index contributed by atoms with van der Waals surface area (Å²) in [7, 11) is 1.86. The van der Waals surface area contributed by atoms with Crippen LogP contribution < -0.4 is 5.32 Å². The average molecular weight is 351 g/mol. The van der Waals surface area contributed by atoms with Gasteiger partial charge in [-0.05, 0) is 18.1 Å². The number of aryl methyl sites for hydroxylation is 2. The number of rotatable bonds is 4. The smallest absolute Gasteiger partial charge is 0.227 e. The van der Waals surface area contributed by atoms with E-state index < -0.39 is 0 Å². The van der Waals surface area contributed by atoms with Crippen molar-refractivity contribution in [3.05, 3.63) is 53.3 Å². The van der Waals surface area contributed by atoms with Crippen LogP contribution in [0.5, 0.6) is 0 Å². The minimum absolute atomic E-state index is 0.00116. The molecule has 126 valence electrons. The monoisotopic (exact) mass is 351 g/mol. The van der Waals surface area contributed by atoms with Crippen LogP contribution in [0.4, 0.5) is 11.6 Å². The van der Waals surface area contributed by atoms with Crippen LogP contribution in [0.2, 0.25) is 0 Å². The highest BCUT2D eigenvalue weighted by atomic mass is 32.1. The van der Waals surface area contributed by atoms with E-state index in [1.54, 1.807) is 22.2 Å². The van der Waals surface area contributed by atoms with Gasteiger partial charge in [0.1, 0.15) is 0 Å². The molecule has 0 aliphatic rings. The van der Waals surface area contributed by atoms with Gasteiger partial charge in [-0.25, -0.2) is 9.97 Å². The summed E-state index contributed by atoms with van der Waals surface area (Å²) in [6.07, 6.45) is 5.44. The predicted octanol–water partition coefficient (Wildman–Crippen LogP) is 3.64. The van der Waals surface area contributed by atoms with Crippen LogP contribution in [0.25, 0.3) is 21.3 Å².